The topological polar surface area (TPSA) is 67.2 Å². The molecule has 1 unspecified atom stereocenters. The zero-order valence-electron chi connectivity index (χ0n) is 10.4. The summed E-state index contributed by atoms with van der Waals surface area (Å²) in [6.45, 7) is 2.78. The number of aromatic carboxylic acids is 1. The second kappa shape index (κ2) is 5.88. The number of benzene rings is 1. The number of aromatic nitrogens is 2. The molecule has 0 fully saturated rings. The summed E-state index contributed by atoms with van der Waals surface area (Å²) >= 11 is 3.37. The molecule has 1 heterocycles. The third-order valence-electron chi connectivity index (χ3n) is 2.64. The lowest BCUT2D eigenvalue weighted by atomic mass is 10.2. The van der Waals surface area contributed by atoms with E-state index in [4.69, 9.17) is 5.11 Å². The van der Waals surface area contributed by atoms with E-state index >= 15 is 0 Å². The molecule has 2 rings (SSSR count). The fourth-order valence-electron chi connectivity index (χ4n) is 1.77. The molecule has 0 bridgehead atoms. The first kappa shape index (κ1) is 13.6. The Morgan fingerprint density at radius 3 is 2.95 bits per heavy atom. The summed E-state index contributed by atoms with van der Waals surface area (Å²) in [6.07, 6.45) is 3.64. The first-order chi connectivity index (χ1) is 9.06. The van der Waals surface area contributed by atoms with Crippen LogP contribution in [0.2, 0.25) is 0 Å². The third-order valence-corrected chi connectivity index (χ3v) is 3.29. The first-order valence-corrected chi connectivity index (χ1v) is 6.62. The summed E-state index contributed by atoms with van der Waals surface area (Å²) in [5.41, 5.74) is 1.13. The Kier molecular flexibility index (Phi) is 4.21. The Hall–Kier alpha value is -1.82. The van der Waals surface area contributed by atoms with Gasteiger partial charge in [0.15, 0.2) is 0 Å². The minimum atomic E-state index is -0.933. The van der Waals surface area contributed by atoms with E-state index in [2.05, 4.69) is 26.3 Å². The minimum absolute atomic E-state index is 0.173. The van der Waals surface area contributed by atoms with Crippen LogP contribution in [0.3, 0.4) is 0 Å². The molecule has 6 heteroatoms. The molecule has 0 spiro atoms. The standard InChI is InChI=1S/C13H14BrN3O2/c1-9(8-17-6-2-5-15-17)16-12-4-3-10(13(18)19)7-11(12)14/h2-7,9,16H,8H2,1H3,(H,18,19). The molecule has 1 aromatic heterocycles. The Bertz CT molecular complexity index is 569. The number of carbonyl (C=O) groups is 1. The summed E-state index contributed by atoms with van der Waals surface area (Å²) in [7, 11) is 0. The van der Waals surface area contributed by atoms with Crippen molar-refractivity contribution >= 4 is 27.6 Å². The third kappa shape index (κ3) is 3.57. The highest BCUT2D eigenvalue weighted by molar-refractivity contribution is 9.10. The molecule has 2 N–H and O–H groups in total. The van der Waals surface area contributed by atoms with Crippen molar-refractivity contribution in [3.63, 3.8) is 0 Å². The zero-order valence-corrected chi connectivity index (χ0v) is 12.0. The SMILES string of the molecule is CC(Cn1cccn1)Nc1ccc(C(=O)O)cc1Br. The van der Waals surface area contributed by atoms with E-state index in [0.717, 1.165) is 16.7 Å². The predicted molar refractivity (Wildman–Crippen MR) is 76.4 cm³/mol. The predicted octanol–water partition coefficient (Wildman–Crippen LogP) is 2.84. The van der Waals surface area contributed by atoms with Gasteiger partial charge >= 0.3 is 5.97 Å². The fourth-order valence-corrected chi connectivity index (χ4v) is 2.26. The van der Waals surface area contributed by atoms with Gasteiger partial charge in [0.1, 0.15) is 0 Å². The van der Waals surface area contributed by atoms with Crippen LogP contribution in [0, 0.1) is 0 Å². The van der Waals surface area contributed by atoms with Gasteiger partial charge in [-0.05, 0) is 47.1 Å². The molecule has 100 valence electrons. The van der Waals surface area contributed by atoms with Crippen molar-refractivity contribution in [2.45, 2.75) is 19.5 Å². The highest BCUT2D eigenvalue weighted by Crippen LogP contribution is 2.24. The van der Waals surface area contributed by atoms with Gasteiger partial charge in [-0.15, -0.1) is 0 Å². The van der Waals surface area contributed by atoms with Crippen LogP contribution in [0.1, 0.15) is 17.3 Å². The number of hydrogen-bond acceptors (Lipinski definition) is 3. The second-order valence-electron chi connectivity index (χ2n) is 4.27. The largest absolute Gasteiger partial charge is 0.478 e. The molecular formula is C13H14BrN3O2. The van der Waals surface area contributed by atoms with Crippen molar-refractivity contribution in [2.75, 3.05) is 5.32 Å². The highest BCUT2D eigenvalue weighted by atomic mass is 79.9. The molecule has 1 atom stereocenters. The number of nitrogens with one attached hydrogen (secondary N) is 1. The fraction of sp³-hybridized carbons (Fsp3) is 0.231. The minimum Gasteiger partial charge on any atom is -0.478 e. The van der Waals surface area contributed by atoms with E-state index in [0.29, 0.717) is 0 Å². The average molecular weight is 324 g/mol. The lowest BCUT2D eigenvalue weighted by molar-refractivity contribution is 0.0697. The van der Waals surface area contributed by atoms with Gasteiger partial charge in [-0.3, -0.25) is 4.68 Å². The molecule has 0 saturated heterocycles. The summed E-state index contributed by atoms with van der Waals surface area (Å²) in [6, 6.07) is 6.98. The van der Waals surface area contributed by atoms with Crippen LogP contribution in [-0.4, -0.2) is 26.9 Å². The summed E-state index contributed by atoms with van der Waals surface area (Å²) in [5, 5.41) is 16.4. The number of carboxylic acids is 1. The zero-order chi connectivity index (χ0) is 13.8. The van der Waals surface area contributed by atoms with Crippen LogP contribution in [-0.2, 0) is 6.54 Å². The summed E-state index contributed by atoms with van der Waals surface area (Å²) in [5.74, 6) is -0.933. The van der Waals surface area contributed by atoms with Crippen molar-refractivity contribution in [3.05, 3.63) is 46.7 Å². The Morgan fingerprint density at radius 2 is 2.37 bits per heavy atom. The van der Waals surface area contributed by atoms with Crippen LogP contribution in [0.15, 0.2) is 41.1 Å². The number of carboxylic acid groups (broad SMARTS) is 1. The van der Waals surface area contributed by atoms with Gasteiger partial charge in [-0.1, -0.05) is 0 Å². The van der Waals surface area contributed by atoms with E-state index in [1.165, 1.54) is 0 Å². The lowest BCUT2D eigenvalue weighted by Gasteiger charge is -2.16. The van der Waals surface area contributed by atoms with E-state index in [-0.39, 0.29) is 11.6 Å². The number of rotatable bonds is 5. The average Bonchev–Trinajstić information content (AvgIpc) is 2.84. The molecule has 5 nitrogen and oxygen atoms in total. The molecule has 0 aliphatic heterocycles. The van der Waals surface area contributed by atoms with E-state index in [1.54, 1.807) is 24.4 Å². The first-order valence-electron chi connectivity index (χ1n) is 5.83. The Balaban J connectivity index is 2.04. The normalized spacial score (nSPS) is 12.1. The molecule has 2 aromatic rings. The monoisotopic (exact) mass is 323 g/mol. The van der Waals surface area contributed by atoms with Crippen LogP contribution in [0.5, 0.6) is 0 Å². The summed E-state index contributed by atoms with van der Waals surface area (Å²) < 4.78 is 2.58. The van der Waals surface area contributed by atoms with Gasteiger partial charge in [0, 0.05) is 28.6 Å². The summed E-state index contributed by atoms with van der Waals surface area (Å²) in [4.78, 5) is 10.8. The van der Waals surface area contributed by atoms with E-state index < -0.39 is 5.97 Å². The van der Waals surface area contributed by atoms with Gasteiger partial charge < -0.3 is 10.4 Å². The molecule has 19 heavy (non-hydrogen) atoms. The molecule has 0 amide bonds. The van der Waals surface area contributed by atoms with Crippen molar-refractivity contribution in [3.8, 4) is 0 Å². The molecule has 0 saturated carbocycles. The van der Waals surface area contributed by atoms with Crippen LogP contribution < -0.4 is 5.32 Å². The van der Waals surface area contributed by atoms with Crippen molar-refractivity contribution in [2.24, 2.45) is 0 Å². The maximum Gasteiger partial charge on any atom is 0.335 e. The number of anilines is 1. The number of halogens is 1. The Labute approximate surface area is 119 Å². The van der Waals surface area contributed by atoms with Crippen LogP contribution >= 0.6 is 15.9 Å². The van der Waals surface area contributed by atoms with Crippen molar-refractivity contribution in [1.29, 1.82) is 0 Å². The maximum atomic E-state index is 10.8. The van der Waals surface area contributed by atoms with E-state index in [1.807, 2.05) is 23.9 Å². The van der Waals surface area contributed by atoms with Gasteiger partial charge in [-0.25, -0.2) is 4.79 Å². The van der Waals surface area contributed by atoms with Crippen LogP contribution in [0.4, 0.5) is 5.69 Å². The van der Waals surface area contributed by atoms with Crippen LogP contribution in [0.25, 0.3) is 0 Å². The smallest absolute Gasteiger partial charge is 0.335 e. The second-order valence-corrected chi connectivity index (χ2v) is 5.13. The number of nitrogens with zero attached hydrogens (tertiary/aromatic N) is 2. The van der Waals surface area contributed by atoms with Gasteiger partial charge in [-0.2, -0.15) is 5.10 Å². The quantitative estimate of drug-likeness (QED) is 0.887. The molecule has 0 radical (unpaired) electrons. The Morgan fingerprint density at radius 1 is 1.58 bits per heavy atom. The number of hydrogen-bond donors (Lipinski definition) is 2. The van der Waals surface area contributed by atoms with E-state index in [9.17, 15) is 4.79 Å². The molecular weight excluding hydrogens is 310 g/mol. The molecule has 0 aliphatic carbocycles. The lowest BCUT2D eigenvalue weighted by Crippen LogP contribution is -2.22. The molecule has 0 aliphatic rings. The van der Waals surface area contributed by atoms with Crippen molar-refractivity contribution < 1.29 is 9.90 Å². The van der Waals surface area contributed by atoms with Gasteiger partial charge in [0.05, 0.1) is 12.1 Å². The van der Waals surface area contributed by atoms with Gasteiger partial charge in [0.25, 0.3) is 0 Å². The van der Waals surface area contributed by atoms with Crippen molar-refractivity contribution in [1.82, 2.24) is 9.78 Å². The van der Waals surface area contributed by atoms with Gasteiger partial charge in [0.2, 0.25) is 0 Å². The molecule has 1 aromatic carbocycles. The maximum absolute atomic E-state index is 10.8. The highest BCUT2D eigenvalue weighted by Gasteiger charge is 2.09.